The van der Waals surface area contributed by atoms with Gasteiger partial charge in [0.1, 0.15) is 5.75 Å². The van der Waals surface area contributed by atoms with Crippen molar-refractivity contribution in [2.45, 2.75) is 45.6 Å². The summed E-state index contributed by atoms with van der Waals surface area (Å²) in [5.41, 5.74) is 6.34. The lowest BCUT2D eigenvalue weighted by Crippen LogP contribution is -2.48. The number of carbonyl (C=O) groups is 1. The summed E-state index contributed by atoms with van der Waals surface area (Å²) in [7, 11) is 0. The average molecular weight is 365 g/mol. The molecule has 5 heteroatoms. The van der Waals surface area contributed by atoms with Crippen molar-refractivity contribution in [1.82, 2.24) is 5.43 Å². The number of hydrogen-bond donors (Lipinski definition) is 2. The van der Waals surface area contributed by atoms with Gasteiger partial charge in [-0.2, -0.15) is 5.10 Å². The van der Waals surface area contributed by atoms with E-state index in [1.165, 1.54) is 17.3 Å². The van der Waals surface area contributed by atoms with Gasteiger partial charge in [0, 0.05) is 17.8 Å². The van der Waals surface area contributed by atoms with Gasteiger partial charge in [0.25, 0.3) is 5.91 Å². The third-order valence-corrected chi connectivity index (χ3v) is 5.25. The number of fused-ring (bicyclic) bond motifs is 1. The highest BCUT2D eigenvalue weighted by Gasteiger charge is 2.35. The highest BCUT2D eigenvalue weighted by atomic mass is 16.3. The second kappa shape index (κ2) is 7.43. The Labute approximate surface area is 160 Å². The maximum atomic E-state index is 12.1. The number of hydrogen-bond acceptors (Lipinski definition) is 4. The minimum Gasteiger partial charge on any atom is -0.507 e. The van der Waals surface area contributed by atoms with Crippen LogP contribution in [0.2, 0.25) is 0 Å². The van der Waals surface area contributed by atoms with Gasteiger partial charge in [0.05, 0.1) is 11.8 Å². The molecule has 1 unspecified atom stereocenters. The number of phenols is 1. The Morgan fingerprint density at radius 1 is 1.33 bits per heavy atom. The molecule has 2 aromatic rings. The molecule has 1 aliphatic rings. The second-order valence-electron chi connectivity index (χ2n) is 7.70. The Bertz CT molecular complexity index is 874. The van der Waals surface area contributed by atoms with E-state index in [4.69, 9.17) is 0 Å². The lowest BCUT2D eigenvalue weighted by molar-refractivity contribution is 0.0952. The zero-order valence-electron chi connectivity index (χ0n) is 16.4. The fourth-order valence-electron chi connectivity index (χ4n) is 4.08. The lowest BCUT2D eigenvalue weighted by Gasteiger charge is -2.47. The summed E-state index contributed by atoms with van der Waals surface area (Å²) in [6, 6.07) is 12.7. The SMILES string of the molecule is CCN1c2ccc(/C=N\NC(=O)c3ccccc3O)cc2C(C)CC1(C)C. The van der Waals surface area contributed by atoms with Crippen LogP contribution in [0.25, 0.3) is 0 Å². The van der Waals surface area contributed by atoms with Gasteiger partial charge in [0.15, 0.2) is 0 Å². The third-order valence-electron chi connectivity index (χ3n) is 5.25. The van der Waals surface area contributed by atoms with E-state index in [-0.39, 0.29) is 16.9 Å². The van der Waals surface area contributed by atoms with E-state index in [0.29, 0.717) is 5.92 Å². The molecule has 1 amide bonds. The number of hydrazone groups is 1. The van der Waals surface area contributed by atoms with Crippen LogP contribution in [0.4, 0.5) is 5.69 Å². The first-order chi connectivity index (χ1) is 12.8. The van der Waals surface area contributed by atoms with Gasteiger partial charge >= 0.3 is 0 Å². The summed E-state index contributed by atoms with van der Waals surface area (Å²) < 4.78 is 0. The van der Waals surface area contributed by atoms with Crippen LogP contribution in [-0.2, 0) is 0 Å². The first-order valence-electron chi connectivity index (χ1n) is 9.36. The quantitative estimate of drug-likeness (QED) is 0.628. The fourth-order valence-corrected chi connectivity index (χ4v) is 4.08. The Hall–Kier alpha value is -2.82. The molecule has 1 atom stereocenters. The number of para-hydroxylation sites is 1. The number of benzene rings is 2. The first-order valence-corrected chi connectivity index (χ1v) is 9.36. The third kappa shape index (κ3) is 3.82. The summed E-state index contributed by atoms with van der Waals surface area (Å²) in [6.07, 6.45) is 2.74. The molecule has 1 aliphatic heterocycles. The lowest BCUT2D eigenvalue weighted by atomic mass is 9.79. The van der Waals surface area contributed by atoms with Crippen LogP contribution in [0.1, 0.15) is 61.5 Å². The predicted octanol–water partition coefficient (Wildman–Crippen LogP) is 4.27. The molecule has 0 radical (unpaired) electrons. The fraction of sp³-hybridized carbons (Fsp3) is 0.364. The number of aromatic hydroxyl groups is 1. The monoisotopic (exact) mass is 365 g/mol. The van der Waals surface area contributed by atoms with E-state index in [1.54, 1.807) is 24.4 Å². The van der Waals surface area contributed by atoms with Crippen molar-refractivity contribution in [3.05, 3.63) is 59.2 Å². The van der Waals surface area contributed by atoms with Crippen LogP contribution in [-0.4, -0.2) is 29.3 Å². The highest BCUT2D eigenvalue weighted by molar-refractivity contribution is 5.97. The molecule has 2 N–H and O–H groups in total. The topological polar surface area (TPSA) is 64.9 Å². The molecule has 0 aliphatic carbocycles. The number of amides is 1. The minimum atomic E-state index is -0.436. The number of anilines is 1. The number of nitrogens with zero attached hydrogens (tertiary/aromatic N) is 2. The highest BCUT2D eigenvalue weighted by Crippen LogP contribution is 2.43. The van der Waals surface area contributed by atoms with Crippen molar-refractivity contribution < 1.29 is 9.90 Å². The minimum absolute atomic E-state index is 0.0601. The van der Waals surface area contributed by atoms with E-state index < -0.39 is 5.91 Å². The molecule has 142 valence electrons. The maximum Gasteiger partial charge on any atom is 0.275 e. The Morgan fingerprint density at radius 3 is 2.78 bits per heavy atom. The van der Waals surface area contributed by atoms with Crippen molar-refractivity contribution in [1.29, 1.82) is 0 Å². The number of phenolic OH excluding ortho intramolecular Hbond substituents is 1. The molecule has 3 rings (SSSR count). The molecule has 0 saturated heterocycles. The van der Waals surface area contributed by atoms with Crippen LogP contribution in [0.5, 0.6) is 5.75 Å². The van der Waals surface area contributed by atoms with E-state index in [1.807, 2.05) is 6.07 Å². The molecular formula is C22H27N3O2. The van der Waals surface area contributed by atoms with Crippen molar-refractivity contribution in [3.8, 4) is 5.75 Å². The summed E-state index contributed by atoms with van der Waals surface area (Å²) in [5, 5.41) is 13.8. The van der Waals surface area contributed by atoms with Crippen LogP contribution in [0.3, 0.4) is 0 Å². The Balaban J connectivity index is 1.78. The zero-order chi connectivity index (χ0) is 19.6. The molecule has 27 heavy (non-hydrogen) atoms. The van der Waals surface area contributed by atoms with Crippen molar-refractivity contribution in [2.24, 2.45) is 5.10 Å². The van der Waals surface area contributed by atoms with E-state index in [9.17, 15) is 9.90 Å². The van der Waals surface area contributed by atoms with Gasteiger partial charge < -0.3 is 10.0 Å². The van der Waals surface area contributed by atoms with Crippen LogP contribution in [0.15, 0.2) is 47.6 Å². The molecule has 0 fully saturated rings. The molecular weight excluding hydrogens is 338 g/mol. The maximum absolute atomic E-state index is 12.1. The van der Waals surface area contributed by atoms with Crippen LogP contribution >= 0.6 is 0 Å². The van der Waals surface area contributed by atoms with E-state index in [2.05, 4.69) is 55.3 Å². The van der Waals surface area contributed by atoms with Gasteiger partial charge in [-0.3, -0.25) is 4.79 Å². The number of rotatable bonds is 4. The summed E-state index contributed by atoms with van der Waals surface area (Å²) >= 11 is 0. The van der Waals surface area contributed by atoms with Gasteiger partial charge in [-0.1, -0.05) is 25.1 Å². The second-order valence-corrected chi connectivity index (χ2v) is 7.70. The molecule has 0 bridgehead atoms. The molecule has 5 nitrogen and oxygen atoms in total. The van der Waals surface area contributed by atoms with E-state index in [0.717, 1.165) is 18.5 Å². The number of nitrogens with one attached hydrogen (secondary N) is 1. The molecule has 0 saturated carbocycles. The zero-order valence-corrected chi connectivity index (χ0v) is 16.4. The van der Waals surface area contributed by atoms with Crippen LogP contribution in [0, 0.1) is 0 Å². The molecule has 0 aromatic heterocycles. The van der Waals surface area contributed by atoms with Gasteiger partial charge in [-0.15, -0.1) is 0 Å². The number of carbonyl (C=O) groups excluding carboxylic acids is 1. The predicted molar refractivity (Wildman–Crippen MR) is 110 cm³/mol. The first kappa shape index (κ1) is 19.0. The summed E-state index contributed by atoms with van der Waals surface area (Å²) in [5.74, 6) is -0.0355. The average Bonchev–Trinajstić information content (AvgIpc) is 2.62. The van der Waals surface area contributed by atoms with Gasteiger partial charge in [-0.05, 0) is 68.5 Å². The van der Waals surface area contributed by atoms with Gasteiger partial charge in [0.2, 0.25) is 0 Å². The van der Waals surface area contributed by atoms with Gasteiger partial charge in [-0.25, -0.2) is 5.43 Å². The summed E-state index contributed by atoms with van der Waals surface area (Å²) in [4.78, 5) is 14.5. The van der Waals surface area contributed by atoms with Crippen LogP contribution < -0.4 is 10.3 Å². The summed E-state index contributed by atoms with van der Waals surface area (Å²) in [6.45, 7) is 10.00. The van der Waals surface area contributed by atoms with Crippen molar-refractivity contribution >= 4 is 17.8 Å². The molecule has 0 spiro atoms. The van der Waals surface area contributed by atoms with Crippen molar-refractivity contribution in [2.75, 3.05) is 11.4 Å². The largest absolute Gasteiger partial charge is 0.507 e. The molecule has 1 heterocycles. The Morgan fingerprint density at radius 2 is 2.07 bits per heavy atom. The smallest absolute Gasteiger partial charge is 0.275 e. The van der Waals surface area contributed by atoms with Crippen molar-refractivity contribution in [3.63, 3.8) is 0 Å². The van der Waals surface area contributed by atoms with E-state index >= 15 is 0 Å². The normalized spacial score (nSPS) is 18.4. The standard InChI is InChI=1S/C22H27N3O2/c1-5-25-19-11-10-16(12-18(19)15(2)13-22(25,3)4)14-23-24-21(27)17-8-6-7-9-20(17)26/h6-12,14-15,26H,5,13H2,1-4H3,(H,24,27)/b23-14-. The Kier molecular flexibility index (Phi) is 5.22. The molecule has 2 aromatic carbocycles.